The Morgan fingerprint density at radius 1 is 1.50 bits per heavy atom. The van der Waals surface area contributed by atoms with Crippen molar-refractivity contribution in [2.24, 2.45) is 5.73 Å². The second kappa shape index (κ2) is 5.23. The molecule has 10 heavy (non-hydrogen) atoms. The molecule has 1 aliphatic rings. The highest BCUT2D eigenvalue weighted by atomic mass is 32.2. The molecule has 0 saturated heterocycles. The van der Waals surface area contributed by atoms with Crippen molar-refractivity contribution in [3.8, 4) is 0 Å². The van der Waals surface area contributed by atoms with Gasteiger partial charge in [-0.1, -0.05) is 19.9 Å². The zero-order valence-corrected chi connectivity index (χ0v) is 7.48. The molecule has 0 aromatic carbocycles. The Labute approximate surface area is 66.9 Å². The molecule has 0 aromatic heterocycles. The van der Waals surface area contributed by atoms with Gasteiger partial charge in [0.05, 0.1) is 0 Å². The van der Waals surface area contributed by atoms with E-state index in [9.17, 15) is 0 Å². The van der Waals surface area contributed by atoms with Gasteiger partial charge in [0.25, 0.3) is 0 Å². The summed E-state index contributed by atoms with van der Waals surface area (Å²) in [5.74, 6) is 0.803. The zero-order valence-electron chi connectivity index (χ0n) is 6.66. The van der Waals surface area contributed by atoms with Crippen molar-refractivity contribution in [1.29, 1.82) is 0 Å². The van der Waals surface area contributed by atoms with Crippen molar-refractivity contribution in [3.05, 3.63) is 23.4 Å². The third kappa shape index (κ3) is 2.82. The summed E-state index contributed by atoms with van der Waals surface area (Å²) in [4.78, 5) is 0. The fourth-order valence-electron chi connectivity index (χ4n) is 0.430. The number of hydrogen-bond donors (Lipinski definition) is 1. The van der Waals surface area contributed by atoms with Gasteiger partial charge in [0, 0.05) is 7.05 Å². The van der Waals surface area contributed by atoms with Gasteiger partial charge in [-0.05, 0) is 23.4 Å². The van der Waals surface area contributed by atoms with E-state index in [1.807, 2.05) is 42.8 Å². The van der Waals surface area contributed by atoms with Crippen molar-refractivity contribution in [2.45, 2.75) is 13.8 Å². The Morgan fingerprint density at radius 3 is 2.40 bits per heavy atom. The second-order valence-electron chi connectivity index (χ2n) is 1.52. The summed E-state index contributed by atoms with van der Waals surface area (Å²) in [5, 5.41) is 1.98. The minimum Gasteiger partial charge on any atom is -0.385 e. The van der Waals surface area contributed by atoms with Crippen molar-refractivity contribution < 1.29 is 0 Å². The number of nitrogens with zero attached hydrogens (tertiary/aromatic N) is 1. The SMILES string of the molecule is CC.CN1SC=CC=C1N. The first-order valence-electron chi connectivity index (χ1n) is 3.33. The van der Waals surface area contributed by atoms with Gasteiger partial charge in [-0.15, -0.1) is 0 Å². The van der Waals surface area contributed by atoms with Crippen LogP contribution in [-0.2, 0) is 0 Å². The minimum absolute atomic E-state index is 0.803. The lowest BCUT2D eigenvalue weighted by Crippen LogP contribution is -2.16. The molecule has 2 N–H and O–H groups in total. The second-order valence-corrected chi connectivity index (χ2v) is 2.55. The summed E-state index contributed by atoms with van der Waals surface area (Å²) >= 11 is 1.59. The summed E-state index contributed by atoms with van der Waals surface area (Å²) in [6.45, 7) is 4.00. The molecule has 0 fully saturated rings. The molecule has 1 aliphatic heterocycles. The molecule has 0 bridgehead atoms. The Morgan fingerprint density at radius 2 is 2.10 bits per heavy atom. The molecule has 0 saturated carbocycles. The van der Waals surface area contributed by atoms with Gasteiger partial charge < -0.3 is 10.0 Å². The standard InChI is InChI=1S/C5H8N2S.C2H6/c1-7-5(6)3-2-4-8-7;1-2/h2-4H,6H2,1H3;1-2H3. The third-order valence-electron chi connectivity index (χ3n) is 0.928. The van der Waals surface area contributed by atoms with Crippen LogP contribution in [0.4, 0.5) is 0 Å². The highest BCUT2D eigenvalue weighted by Gasteiger charge is 1.98. The predicted octanol–water partition coefficient (Wildman–Crippen LogP) is 1.92. The molecule has 0 radical (unpaired) electrons. The van der Waals surface area contributed by atoms with E-state index in [0.29, 0.717) is 0 Å². The van der Waals surface area contributed by atoms with E-state index in [1.54, 1.807) is 11.9 Å². The number of hydrogen-bond acceptors (Lipinski definition) is 3. The molecule has 0 amide bonds. The molecule has 2 nitrogen and oxygen atoms in total. The Hall–Kier alpha value is -0.570. The largest absolute Gasteiger partial charge is 0.385 e. The first-order valence-corrected chi connectivity index (χ1v) is 4.17. The lowest BCUT2D eigenvalue weighted by Gasteiger charge is -2.16. The van der Waals surface area contributed by atoms with Gasteiger partial charge in [0.15, 0.2) is 0 Å². The Bertz CT molecular complexity index is 141. The molecular formula is C7H14N2S. The number of rotatable bonds is 0. The van der Waals surface area contributed by atoms with Gasteiger partial charge in [-0.25, -0.2) is 0 Å². The van der Waals surface area contributed by atoms with Crippen LogP contribution >= 0.6 is 11.9 Å². The first-order chi connectivity index (χ1) is 4.80. The van der Waals surface area contributed by atoms with Gasteiger partial charge in [0.2, 0.25) is 0 Å². The maximum Gasteiger partial charge on any atom is 0.109 e. The minimum atomic E-state index is 0.803. The Balaban J connectivity index is 0.000000371. The van der Waals surface area contributed by atoms with Crippen LogP contribution < -0.4 is 5.73 Å². The fraction of sp³-hybridized carbons (Fsp3) is 0.429. The molecule has 0 unspecified atom stereocenters. The smallest absolute Gasteiger partial charge is 0.109 e. The Kier molecular flexibility index (Phi) is 4.94. The van der Waals surface area contributed by atoms with Crippen molar-refractivity contribution in [3.63, 3.8) is 0 Å². The summed E-state index contributed by atoms with van der Waals surface area (Å²) < 4.78 is 1.90. The highest BCUT2D eigenvalue weighted by molar-refractivity contribution is 8.00. The van der Waals surface area contributed by atoms with Crippen LogP contribution in [0.2, 0.25) is 0 Å². The van der Waals surface area contributed by atoms with Crippen LogP contribution in [0, 0.1) is 0 Å². The summed E-state index contributed by atoms with van der Waals surface area (Å²) in [7, 11) is 1.93. The molecule has 3 heteroatoms. The number of allylic oxidation sites excluding steroid dienone is 2. The maximum absolute atomic E-state index is 5.49. The quantitative estimate of drug-likeness (QED) is 0.546. The van der Waals surface area contributed by atoms with Gasteiger partial charge in [-0.3, -0.25) is 0 Å². The lowest BCUT2D eigenvalue weighted by atomic mass is 10.5. The maximum atomic E-state index is 5.49. The normalized spacial score (nSPS) is 15.5. The van der Waals surface area contributed by atoms with E-state index >= 15 is 0 Å². The first kappa shape index (κ1) is 9.43. The monoisotopic (exact) mass is 158 g/mol. The van der Waals surface area contributed by atoms with Crippen LogP contribution in [0.5, 0.6) is 0 Å². The topological polar surface area (TPSA) is 29.3 Å². The van der Waals surface area contributed by atoms with E-state index in [-0.39, 0.29) is 0 Å². The van der Waals surface area contributed by atoms with Gasteiger partial charge in [-0.2, -0.15) is 0 Å². The predicted molar refractivity (Wildman–Crippen MR) is 48.1 cm³/mol. The third-order valence-corrected chi connectivity index (χ3v) is 1.73. The fourth-order valence-corrected chi connectivity index (χ4v) is 0.944. The van der Waals surface area contributed by atoms with Crippen molar-refractivity contribution >= 4 is 11.9 Å². The molecule has 0 atom stereocenters. The lowest BCUT2D eigenvalue weighted by molar-refractivity contribution is 0.692. The van der Waals surface area contributed by atoms with Crippen LogP contribution in [0.15, 0.2) is 23.4 Å². The number of nitrogens with two attached hydrogens (primary N) is 1. The van der Waals surface area contributed by atoms with Gasteiger partial charge in [0.1, 0.15) is 5.82 Å². The van der Waals surface area contributed by atoms with Crippen molar-refractivity contribution in [1.82, 2.24) is 4.31 Å². The molecule has 1 rings (SSSR count). The summed E-state index contributed by atoms with van der Waals surface area (Å²) in [6, 6.07) is 0. The molecule has 1 heterocycles. The van der Waals surface area contributed by atoms with E-state index in [1.165, 1.54) is 0 Å². The zero-order chi connectivity index (χ0) is 7.98. The van der Waals surface area contributed by atoms with E-state index < -0.39 is 0 Å². The van der Waals surface area contributed by atoms with Crippen LogP contribution in [0.1, 0.15) is 13.8 Å². The van der Waals surface area contributed by atoms with E-state index in [2.05, 4.69) is 0 Å². The molecule has 0 aliphatic carbocycles. The van der Waals surface area contributed by atoms with Crippen LogP contribution in [0.3, 0.4) is 0 Å². The summed E-state index contributed by atoms with van der Waals surface area (Å²) in [5.41, 5.74) is 5.49. The van der Waals surface area contributed by atoms with Crippen LogP contribution in [-0.4, -0.2) is 11.4 Å². The van der Waals surface area contributed by atoms with Crippen molar-refractivity contribution in [2.75, 3.05) is 7.05 Å². The average Bonchev–Trinajstić information content (AvgIpc) is 2.00. The molecule has 58 valence electrons. The molecule has 0 spiro atoms. The van der Waals surface area contributed by atoms with E-state index in [4.69, 9.17) is 5.73 Å². The van der Waals surface area contributed by atoms with E-state index in [0.717, 1.165) is 5.82 Å². The molecular weight excluding hydrogens is 144 g/mol. The summed E-state index contributed by atoms with van der Waals surface area (Å²) in [6.07, 6.45) is 3.80. The highest BCUT2D eigenvalue weighted by Crippen LogP contribution is 2.16. The average molecular weight is 158 g/mol. The molecule has 0 aromatic rings. The van der Waals surface area contributed by atoms with Gasteiger partial charge >= 0.3 is 0 Å². The van der Waals surface area contributed by atoms with Crippen LogP contribution in [0.25, 0.3) is 0 Å².